The highest BCUT2D eigenvalue weighted by molar-refractivity contribution is 5.09. The standard InChI is InChI=1S/C17H29N3O/c1-12-7-10-17(18,11-8-12)15-19-14(21-20-15)13-6-4-5-9-16(13,2)3/h12-13H,4-11,18H2,1-3H3. The van der Waals surface area contributed by atoms with Gasteiger partial charge in [-0.2, -0.15) is 4.98 Å². The van der Waals surface area contributed by atoms with Gasteiger partial charge in [0.05, 0.1) is 5.54 Å². The van der Waals surface area contributed by atoms with E-state index in [2.05, 4.69) is 25.9 Å². The topological polar surface area (TPSA) is 64.9 Å². The molecular weight excluding hydrogens is 262 g/mol. The molecule has 2 N–H and O–H groups in total. The van der Waals surface area contributed by atoms with Gasteiger partial charge in [0, 0.05) is 5.92 Å². The SMILES string of the molecule is CC1CCC(N)(c2noc(C3CCCCC3(C)C)n2)CC1. The fourth-order valence-corrected chi connectivity index (χ4v) is 4.03. The molecule has 0 bridgehead atoms. The van der Waals surface area contributed by atoms with Crippen molar-refractivity contribution in [1.29, 1.82) is 0 Å². The van der Waals surface area contributed by atoms with Crippen molar-refractivity contribution in [3.8, 4) is 0 Å². The summed E-state index contributed by atoms with van der Waals surface area (Å²) in [4.78, 5) is 4.75. The van der Waals surface area contributed by atoms with E-state index in [-0.39, 0.29) is 11.0 Å². The highest BCUT2D eigenvalue weighted by Crippen LogP contribution is 2.46. The number of hydrogen-bond donors (Lipinski definition) is 1. The average molecular weight is 291 g/mol. The first-order chi connectivity index (χ1) is 9.91. The van der Waals surface area contributed by atoms with E-state index in [1.807, 2.05) is 0 Å². The van der Waals surface area contributed by atoms with Gasteiger partial charge < -0.3 is 10.3 Å². The molecule has 2 fully saturated rings. The lowest BCUT2D eigenvalue weighted by molar-refractivity contribution is 0.163. The Balaban J connectivity index is 1.80. The van der Waals surface area contributed by atoms with E-state index >= 15 is 0 Å². The molecule has 118 valence electrons. The summed E-state index contributed by atoms with van der Waals surface area (Å²) in [7, 11) is 0. The number of nitrogens with two attached hydrogens (primary N) is 1. The predicted octanol–water partition coefficient (Wildman–Crippen LogP) is 4.12. The van der Waals surface area contributed by atoms with Gasteiger partial charge in [-0.3, -0.25) is 0 Å². The van der Waals surface area contributed by atoms with Crippen molar-refractivity contribution in [2.75, 3.05) is 0 Å². The molecule has 0 amide bonds. The van der Waals surface area contributed by atoms with Crippen LogP contribution in [0.3, 0.4) is 0 Å². The second-order valence-electron chi connectivity index (χ2n) is 8.08. The van der Waals surface area contributed by atoms with Gasteiger partial charge >= 0.3 is 0 Å². The van der Waals surface area contributed by atoms with Crippen LogP contribution in [0.5, 0.6) is 0 Å². The monoisotopic (exact) mass is 291 g/mol. The Morgan fingerprint density at radius 3 is 2.48 bits per heavy atom. The van der Waals surface area contributed by atoms with Crippen molar-refractivity contribution in [3.05, 3.63) is 11.7 Å². The van der Waals surface area contributed by atoms with Gasteiger partial charge in [0.25, 0.3) is 0 Å². The smallest absolute Gasteiger partial charge is 0.230 e. The van der Waals surface area contributed by atoms with Crippen LogP contribution in [0.25, 0.3) is 0 Å². The Hall–Kier alpha value is -0.900. The maximum atomic E-state index is 6.57. The fraction of sp³-hybridized carbons (Fsp3) is 0.882. The molecule has 21 heavy (non-hydrogen) atoms. The minimum atomic E-state index is -0.368. The first-order valence-corrected chi connectivity index (χ1v) is 8.54. The summed E-state index contributed by atoms with van der Waals surface area (Å²) >= 11 is 0. The summed E-state index contributed by atoms with van der Waals surface area (Å²) < 4.78 is 5.64. The van der Waals surface area contributed by atoms with Crippen molar-refractivity contribution in [3.63, 3.8) is 0 Å². The molecule has 0 spiro atoms. The molecule has 1 unspecified atom stereocenters. The molecule has 0 radical (unpaired) electrons. The van der Waals surface area contributed by atoms with Gasteiger partial charge in [-0.15, -0.1) is 0 Å². The van der Waals surface area contributed by atoms with Crippen LogP contribution < -0.4 is 5.73 Å². The summed E-state index contributed by atoms with van der Waals surface area (Å²) in [6.07, 6.45) is 9.23. The van der Waals surface area contributed by atoms with Crippen LogP contribution in [-0.2, 0) is 5.54 Å². The highest BCUT2D eigenvalue weighted by Gasteiger charge is 2.40. The predicted molar refractivity (Wildman–Crippen MR) is 82.8 cm³/mol. The van der Waals surface area contributed by atoms with Crippen LogP contribution in [0.1, 0.15) is 89.8 Å². The van der Waals surface area contributed by atoms with Gasteiger partial charge in [0.2, 0.25) is 5.89 Å². The third kappa shape index (κ3) is 2.87. The van der Waals surface area contributed by atoms with Crippen LogP contribution in [0.4, 0.5) is 0 Å². The fourth-order valence-electron chi connectivity index (χ4n) is 4.03. The number of rotatable bonds is 2. The molecule has 0 saturated heterocycles. The molecule has 0 aromatic carbocycles. The van der Waals surface area contributed by atoms with Crippen molar-refractivity contribution < 1.29 is 4.52 Å². The van der Waals surface area contributed by atoms with Crippen LogP contribution >= 0.6 is 0 Å². The molecular formula is C17H29N3O. The zero-order valence-corrected chi connectivity index (χ0v) is 13.7. The van der Waals surface area contributed by atoms with Gasteiger partial charge in [-0.25, -0.2) is 0 Å². The van der Waals surface area contributed by atoms with Crippen molar-refractivity contribution >= 4 is 0 Å². The molecule has 2 aliphatic carbocycles. The molecule has 4 heteroatoms. The second kappa shape index (κ2) is 5.38. The molecule has 1 aromatic heterocycles. The Labute approximate surface area is 127 Å². The van der Waals surface area contributed by atoms with E-state index in [1.165, 1.54) is 19.3 Å². The maximum Gasteiger partial charge on any atom is 0.230 e. The van der Waals surface area contributed by atoms with E-state index in [0.29, 0.717) is 5.92 Å². The summed E-state index contributed by atoms with van der Waals surface area (Å²) in [6, 6.07) is 0. The number of aromatic nitrogens is 2. The highest BCUT2D eigenvalue weighted by atomic mass is 16.5. The van der Waals surface area contributed by atoms with E-state index < -0.39 is 0 Å². The normalized spacial score (nSPS) is 36.6. The first-order valence-electron chi connectivity index (χ1n) is 8.54. The lowest BCUT2D eigenvalue weighted by atomic mass is 9.69. The average Bonchev–Trinajstić information content (AvgIpc) is 2.92. The summed E-state index contributed by atoms with van der Waals surface area (Å²) in [5, 5.41) is 4.27. The van der Waals surface area contributed by atoms with Gasteiger partial charge in [0.15, 0.2) is 5.82 Å². The Bertz CT molecular complexity index is 486. The van der Waals surface area contributed by atoms with Crippen LogP contribution in [0, 0.1) is 11.3 Å². The van der Waals surface area contributed by atoms with Crippen LogP contribution in [0.15, 0.2) is 4.52 Å². The number of hydrogen-bond acceptors (Lipinski definition) is 4. The van der Waals surface area contributed by atoms with Gasteiger partial charge in [0.1, 0.15) is 0 Å². The molecule has 1 atom stereocenters. The summed E-state index contributed by atoms with van der Waals surface area (Å²) in [5.74, 6) is 2.72. The molecule has 1 heterocycles. The summed E-state index contributed by atoms with van der Waals surface area (Å²) in [5.41, 5.74) is 6.45. The lowest BCUT2D eigenvalue weighted by Crippen LogP contribution is -2.41. The first kappa shape index (κ1) is 15.0. The number of nitrogens with zero attached hydrogens (tertiary/aromatic N) is 2. The van der Waals surface area contributed by atoms with E-state index in [1.54, 1.807) is 0 Å². The van der Waals surface area contributed by atoms with Crippen molar-refractivity contribution in [2.45, 2.75) is 83.6 Å². The quantitative estimate of drug-likeness (QED) is 0.890. The maximum absolute atomic E-state index is 6.57. The molecule has 1 aromatic rings. The van der Waals surface area contributed by atoms with Gasteiger partial charge in [-0.05, 0) is 49.9 Å². The third-order valence-electron chi connectivity index (χ3n) is 5.86. The van der Waals surface area contributed by atoms with E-state index in [0.717, 1.165) is 49.7 Å². The van der Waals surface area contributed by atoms with Crippen molar-refractivity contribution in [1.82, 2.24) is 10.1 Å². The van der Waals surface area contributed by atoms with E-state index in [4.69, 9.17) is 15.2 Å². The zero-order valence-electron chi connectivity index (χ0n) is 13.7. The Kier molecular flexibility index (Phi) is 3.85. The minimum Gasteiger partial charge on any atom is -0.339 e. The van der Waals surface area contributed by atoms with Crippen LogP contribution in [0.2, 0.25) is 0 Å². The molecule has 4 nitrogen and oxygen atoms in total. The second-order valence-corrected chi connectivity index (χ2v) is 8.08. The largest absolute Gasteiger partial charge is 0.339 e. The summed E-state index contributed by atoms with van der Waals surface area (Å²) in [6.45, 7) is 6.94. The minimum absolute atomic E-state index is 0.255. The lowest BCUT2D eigenvalue weighted by Gasteiger charge is -2.36. The van der Waals surface area contributed by atoms with Gasteiger partial charge in [-0.1, -0.05) is 38.8 Å². The Morgan fingerprint density at radius 1 is 1.10 bits per heavy atom. The Morgan fingerprint density at radius 2 is 1.81 bits per heavy atom. The third-order valence-corrected chi connectivity index (χ3v) is 5.86. The zero-order chi connectivity index (χ0) is 15.1. The van der Waals surface area contributed by atoms with Crippen LogP contribution in [-0.4, -0.2) is 10.1 Å². The molecule has 2 aliphatic rings. The van der Waals surface area contributed by atoms with E-state index in [9.17, 15) is 0 Å². The molecule has 2 saturated carbocycles. The van der Waals surface area contributed by atoms with Crippen molar-refractivity contribution in [2.24, 2.45) is 17.1 Å². The molecule has 3 rings (SSSR count). The molecule has 0 aliphatic heterocycles.